The number of nitrogens with one attached hydrogen (secondary N) is 1. The molecule has 0 amide bonds. The maximum absolute atomic E-state index is 3.51. The highest BCUT2D eigenvalue weighted by molar-refractivity contribution is 4.78. The number of nitrogens with zero attached hydrogens (tertiary/aromatic N) is 1. The summed E-state index contributed by atoms with van der Waals surface area (Å²) in [6.45, 7) is 11.9. The molecular weight excluding hydrogens is 184 g/mol. The Labute approximate surface area is 95.4 Å². The molecule has 15 heavy (non-hydrogen) atoms. The molecule has 0 spiro atoms. The summed E-state index contributed by atoms with van der Waals surface area (Å²) >= 11 is 0. The Morgan fingerprint density at radius 2 is 2.20 bits per heavy atom. The highest BCUT2D eigenvalue weighted by Gasteiger charge is 2.20. The largest absolute Gasteiger partial charge is 0.315 e. The minimum atomic E-state index is 0.794. The lowest BCUT2D eigenvalue weighted by Gasteiger charge is -2.35. The van der Waals surface area contributed by atoms with E-state index < -0.39 is 0 Å². The molecule has 90 valence electrons. The van der Waals surface area contributed by atoms with E-state index in [2.05, 4.69) is 31.0 Å². The Balaban J connectivity index is 2.32. The van der Waals surface area contributed by atoms with Gasteiger partial charge in [0, 0.05) is 19.1 Å². The second kappa shape index (κ2) is 7.24. The molecule has 1 saturated heterocycles. The standard InChI is InChI=1S/C13H28N2/c1-4-7-12(3)11-15(5-2)13-8-6-9-14-10-13/h12-14H,4-11H2,1-3H3. The van der Waals surface area contributed by atoms with E-state index in [4.69, 9.17) is 0 Å². The van der Waals surface area contributed by atoms with Crippen LogP contribution < -0.4 is 5.32 Å². The maximum Gasteiger partial charge on any atom is 0.0221 e. The number of hydrogen-bond donors (Lipinski definition) is 1. The first kappa shape index (κ1) is 13.0. The van der Waals surface area contributed by atoms with E-state index in [1.54, 1.807) is 0 Å². The Morgan fingerprint density at radius 3 is 2.73 bits per heavy atom. The van der Waals surface area contributed by atoms with Crippen molar-refractivity contribution in [3.8, 4) is 0 Å². The van der Waals surface area contributed by atoms with Gasteiger partial charge < -0.3 is 5.32 Å². The summed E-state index contributed by atoms with van der Waals surface area (Å²) in [6.07, 6.45) is 5.43. The van der Waals surface area contributed by atoms with Crippen LogP contribution in [0.3, 0.4) is 0 Å². The zero-order chi connectivity index (χ0) is 11.1. The van der Waals surface area contributed by atoms with Crippen LogP contribution in [-0.4, -0.2) is 37.1 Å². The topological polar surface area (TPSA) is 15.3 Å². The van der Waals surface area contributed by atoms with Gasteiger partial charge in [-0.2, -0.15) is 0 Å². The van der Waals surface area contributed by atoms with Crippen molar-refractivity contribution in [2.75, 3.05) is 26.2 Å². The second-order valence-electron chi connectivity index (χ2n) is 4.98. The van der Waals surface area contributed by atoms with Crippen LogP contribution in [0.2, 0.25) is 0 Å². The molecule has 2 unspecified atom stereocenters. The highest BCUT2D eigenvalue weighted by atomic mass is 15.2. The third-order valence-corrected chi connectivity index (χ3v) is 3.52. The molecule has 0 aromatic carbocycles. The SMILES string of the molecule is CCCC(C)CN(CC)C1CCCNC1. The first-order valence-corrected chi connectivity index (χ1v) is 6.72. The summed E-state index contributed by atoms with van der Waals surface area (Å²) in [5.41, 5.74) is 0. The first-order chi connectivity index (χ1) is 7.27. The minimum Gasteiger partial charge on any atom is -0.315 e. The van der Waals surface area contributed by atoms with Gasteiger partial charge in [-0.15, -0.1) is 0 Å². The van der Waals surface area contributed by atoms with E-state index in [1.807, 2.05) is 0 Å². The smallest absolute Gasteiger partial charge is 0.0221 e. The summed E-state index contributed by atoms with van der Waals surface area (Å²) in [5.74, 6) is 0.858. The van der Waals surface area contributed by atoms with Gasteiger partial charge in [0.05, 0.1) is 0 Å². The lowest BCUT2D eigenvalue weighted by atomic mass is 10.0. The Morgan fingerprint density at radius 1 is 1.40 bits per heavy atom. The highest BCUT2D eigenvalue weighted by Crippen LogP contribution is 2.14. The van der Waals surface area contributed by atoms with Crippen LogP contribution in [0.15, 0.2) is 0 Å². The fourth-order valence-electron chi connectivity index (χ4n) is 2.67. The molecule has 1 aliphatic rings. The Bertz CT molecular complexity index is 153. The number of likely N-dealkylation sites (N-methyl/N-ethyl adjacent to an activating group) is 1. The molecule has 0 aromatic rings. The van der Waals surface area contributed by atoms with Gasteiger partial charge in [-0.1, -0.05) is 27.2 Å². The molecule has 1 fully saturated rings. The van der Waals surface area contributed by atoms with Gasteiger partial charge in [0.2, 0.25) is 0 Å². The molecule has 2 heteroatoms. The maximum atomic E-state index is 3.51. The van der Waals surface area contributed by atoms with Crippen LogP contribution in [0.5, 0.6) is 0 Å². The fourth-order valence-corrected chi connectivity index (χ4v) is 2.67. The van der Waals surface area contributed by atoms with E-state index in [-0.39, 0.29) is 0 Å². The Kier molecular flexibility index (Phi) is 6.26. The predicted octanol–water partition coefficient (Wildman–Crippen LogP) is 2.50. The molecular formula is C13H28N2. The molecule has 2 nitrogen and oxygen atoms in total. The van der Waals surface area contributed by atoms with Crippen LogP contribution in [0.4, 0.5) is 0 Å². The van der Waals surface area contributed by atoms with Crippen molar-refractivity contribution in [1.82, 2.24) is 10.2 Å². The zero-order valence-corrected chi connectivity index (χ0v) is 10.8. The second-order valence-corrected chi connectivity index (χ2v) is 4.98. The zero-order valence-electron chi connectivity index (χ0n) is 10.8. The monoisotopic (exact) mass is 212 g/mol. The van der Waals surface area contributed by atoms with E-state index >= 15 is 0 Å². The van der Waals surface area contributed by atoms with Gasteiger partial charge in [0.1, 0.15) is 0 Å². The minimum absolute atomic E-state index is 0.794. The van der Waals surface area contributed by atoms with E-state index in [9.17, 15) is 0 Å². The van der Waals surface area contributed by atoms with Crippen molar-refractivity contribution in [2.45, 2.75) is 52.5 Å². The van der Waals surface area contributed by atoms with Crippen LogP contribution in [0.25, 0.3) is 0 Å². The summed E-state index contributed by atoms with van der Waals surface area (Å²) in [7, 11) is 0. The van der Waals surface area contributed by atoms with E-state index in [1.165, 1.54) is 51.9 Å². The molecule has 0 saturated carbocycles. The van der Waals surface area contributed by atoms with Gasteiger partial charge >= 0.3 is 0 Å². The number of piperidine rings is 1. The molecule has 0 bridgehead atoms. The molecule has 0 aromatic heterocycles. The third-order valence-electron chi connectivity index (χ3n) is 3.52. The van der Waals surface area contributed by atoms with Crippen LogP contribution in [-0.2, 0) is 0 Å². The quantitative estimate of drug-likeness (QED) is 0.728. The molecule has 1 heterocycles. The normalized spacial score (nSPS) is 24.4. The summed E-state index contributed by atoms with van der Waals surface area (Å²) in [5, 5.41) is 3.51. The van der Waals surface area contributed by atoms with Crippen molar-refractivity contribution in [1.29, 1.82) is 0 Å². The summed E-state index contributed by atoms with van der Waals surface area (Å²) < 4.78 is 0. The average Bonchev–Trinajstić information content (AvgIpc) is 2.27. The van der Waals surface area contributed by atoms with Crippen LogP contribution in [0, 0.1) is 5.92 Å². The van der Waals surface area contributed by atoms with Gasteiger partial charge in [-0.25, -0.2) is 0 Å². The van der Waals surface area contributed by atoms with Gasteiger partial charge in [0.15, 0.2) is 0 Å². The van der Waals surface area contributed by atoms with Crippen LogP contribution in [0.1, 0.15) is 46.5 Å². The van der Waals surface area contributed by atoms with Crippen LogP contribution >= 0.6 is 0 Å². The van der Waals surface area contributed by atoms with Crippen molar-refractivity contribution in [3.05, 3.63) is 0 Å². The van der Waals surface area contributed by atoms with Crippen molar-refractivity contribution in [2.24, 2.45) is 5.92 Å². The first-order valence-electron chi connectivity index (χ1n) is 6.72. The summed E-state index contributed by atoms with van der Waals surface area (Å²) in [4.78, 5) is 2.67. The average molecular weight is 212 g/mol. The number of hydrogen-bond acceptors (Lipinski definition) is 2. The third kappa shape index (κ3) is 4.52. The molecule has 0 radical (unpaired) electrons. The van der Waals surface area contributed by atoms with Crippen molar-refractivity contribution < 1.29 is 0 Å². The van der Waals surface area contributed by atoms with Crippen molar-refractivity contribution >= 4 is 0 Å². The lowest BCUT2D eigenvalue weighted by molar-refractivity contribution is 0.150. The number of rotatable bonds is 6. The molecule has 0 aliphatic carbocycles. The summed E-state index contributed by atoms with van der Waals surface area (Å²) in [6, 6.07) is 0.794. The molecule has 1 rings (SSSR count). The van der Waals surface area contributed by atoms with Gasteiger partial charge in [0.25, 0.3) is 0 Å². The van der Waals surface area contributed by atoms with Crippen molar-refractivity contribution in [3.63, 3.8) is 0 Å². The molecule has 1 aliphatic heterocycles. The predicted molar refractivity (Wildman–Crippen MR) is 67.2 cm³/mol. The Hall–Kier alpha value is -0.0800. The van der Waals surface area contributed by atoms with E-state index in [0.29, 0.717) is 0 Å². The molecule has 1 N–H and O–H groups in total. The van der Waals surface area contributed by atoms with E-state index in [0.717, 1.165) is 12.0 Å². The fraction of sp³-hybridized carbons (Fsp3) is 1.00. The molecule has 2 atom stereocenters. The van der Waals surface area contributed by atoms with Gasteiger partial charge in [-0.05, 0) is 38.3 Å². The lowest BCUT2D eigenvalue weighted by Crippen LogP contribution is -2.47. The van der Waals surface area contributed by atoms with Gasteiger partial charge in [-0.3, -0.25) is 4.90 Å².